The standard InChI is InChI=1S/C16H21FN4O2/c1-3-18-16(20-11-14-8-9-22-21-14)19-10-12(2)23-15-6-4-13(17)5-7-15/h4-9,12H,3,10-11H2,1-2H3,(H2,18,19,20). The van der Waals surface area contributed by atoms with Gasteiger partial charge in [0.15, 0.2) is 5.96 Å². The van der Waals surface area contributed by atoms with Crippen LogP contribution in [0.1, 0.15) is 19.5 Å². The Morgan fingerprint density at radius 2 is 2.09 bits per heavy atom. The molecule has 1 aromatic carbocycles. The fourth-order valence-corrected chi connectivity index (χ4v) is 1.85. The van der Waals surface area contributed by atoms with Crippen LogP contribution in [0.4, 0.5) is 4.39 Å². The van der Waals surface area contributed by atoms with Crippen LogP contribution in [-0.4, -0.2) is 30.3 Å². The number of halogens is 1. The highest BCUT2D eigenvalue weighted by Crippen LogP contribution is 2.12. The van der Waals surface area contributed by atoms with Crippen molar-refractivity contribution in [3.63, 3.8) is 0 Å². The summed E-state index contributed by atoms with van der Waals surface area (Å²) in [5, 5.41) is 10.2. The van der Waals surface area contributed by atoms with Gasteiger partial charge in [0.25, 0.3) is 0 Å². The molecule has 1 aromatic heterocycles. The minimum Gasteiger partial charge on any atom is -0.489 e. The normalized spacial score (nSPS) is 12.7. The first-order valence-corrected chi connectivity index (χ1v) is 7.51. The van der Waals surface area contributed by atoms with Gasteiger partial charge in [0.2, 0.25) is 0 Å². The topological polar surface area (TPSA) is 71.7 Å². The highest BCUT2D eigenvalue weighted by Gasteiger charge is 2.06. The Bertz CT molecular complexity index is 599. The van der Waals surface area contributed by atoms with Gasteiger partial charge in [0, 0.05) is 12.6 Å². The molecule has 2 N–H and O–H groups in total. The predicted molar refractivity (Wildman–Crippen MR) is 85.8 cm³/mol. The molecule has 6 nitrogen and oxygen atoms in total. The molecule has 0 aliphatic rings. The fraction of sp³-hybridized carbons (Fsp3) is 0.375. The van der Waals surface area contributed by atoms with Crippen LogP contribution in [0.15, 0.2) is 46.1 Å². The van der Waals surface area contributed by atoms with E-state index in [4.69, 9.17) is 9.26 Å². The summed E-state index contributed by atoms with van der Waals surface area (Å²) in [5.41, 5.74) is 0.762. The van der Waals surface area contributed by atoms with Crippen molar-refractivity contribution in [2.75, 3.05) is 13.1 Å². The van der Waals surface area contributed by atoms with E-state index >= 15 is 0 Å². The van der Waals surface area contributed by atoms with Crippen molar-refractivity contribution in [2.24, 2.45) is 4.99 Å². The number of aromatic nitrogens is 1. The summed E-state index contributed by atoms with van der Waals surface area (Å²) in [6.45, 7) is 5.65. The third-order valence-electron chi connectivity index (χ3n) is 2.94. The van der Waals surface area contributed by atoms with E-state index in [2.05, 4.69) is 20.8 Å². The molecule has 1 heterocycles. The van der Waals surface area contributed by atoms with Crippen LogP contribution in [0, 0.1) is 5.82 Å². The summed E-state index contributed by atoms with van der Waals surface area (Å²) < 4.78 is 23.3. The van der Waals surface area contributed by atoms with Gasteiger partial charge in [-0.25, -0.2) is 9.38 Å². The summed E-state index contributed by atoms with van der Waals surface area (Å²) in [6.07, 6.45) is 1.42. The zero-order valence-electron chi connectivity index (χ0n) is 13.3. The summed E-state index contributed by atoms with van der Waals surface area (Å²) >= 11 is 0. The Morgan fingerprint density at radius 1 is 1.30 bits per heavy atom. The number of guanidine groups is 1. The molecule has 0 saturated heterocycles. The van der Waals surface area contributed by atoms with Crippen LogP contribution in [0.5, 0.6) is 5.75 Å². The first kappa shape index (κ1) is 16.8. The lowest BCUT2D eigenvalue weighted by Crippen LogP contribution is -2.41. The second-order valence-corrected chi connectivity index (χ2v) is 4.95. The number of nitrogens with one attached hydrogen (secondary N) is 2. The Kier molecular flexibility index (Phi) is 6.40. The van der Waals surface area contributed by atoms with Gasteiger partial charge in [-0.2, -0.15) is 0 Å². The van der Waals surface area contributed by atoms with Gasteiger partial charge in [0.05, 0.1) is 13.1 Å². The van der Waals surface area contributed by atoms with Crippen molar-refractivity contribution in [3.8, 4) is 5.75 Å². The van der Waals surface area contributed by atoms with Crippen molar-refractivity contribution in [3.05, 3.63) is 48.1 Å². The maximum Gasteiger partial charge on any atom is 0.191 e. The van der Waals surface area contributed by atoms with Crippen LogP contribution in [0.3, 0.4) is 0 Å². The maximum absolute atomic E-state index is 12.9. The van der Waals surface area contributed by atoms with Gasteiger partial charge < -0.3 is 19.9 Å². The Balaban J connectivity index is 1.82. The number of nitrogens with zero attached hydrogens (tertiary/aromatic N) is 2. The zero-order valence-corrected chi connectivity index (χ0v) is 13.3. The smallest absolute Gasteiger partial charge is 0.191 e. The molecule has 1 atom stereocenters. The highest BCUT2D eigenvalue weighted by molar-refractivity contribution is 5.79. The minimum atomic E-state index is -0.280. The number of hydrogen-bond acceptors (Lipinski definition) is 4. The summed E-state index contributed by atoms with van der Waals surface area (Å²) in [6, 6.07) is 7.73. The molecule has 0 fully saturated rings. The molecule has 0 bridgehead atoms. The number of benzene rings is 1. The van der Waals surface area contributed by atoms with E-state index < -0.39 is 0 Å². The highest BCUT2D eigenvalue weighted by atomic mass is 19.1. The molecular weight excluding hydrogens is 299 g/mol. The van der Waals surface area contributed by atoms with Gasteiger partial charge in [0.1, 0.15) is 29.6 Å². The van der Waals surface area contributed by atoms with Crippen LogP contribution in [0.2, 0.25) is 0 Å². The van der Waals surface area contributed by atoms with Gasteiger partial charge in [-0.15, -0.1) is 0 Å². The lowest BCUT2D eigenvalue weighted by molar-refractivity contribution is 0.223. The van der Waals surface area contributed by atoms with Crippen molar-refractivity contribution >= 4 is 5.96 Å². The molecule has 2 rings (SSSR count). The van der Waals surface area contributed by atoms with Gasteiger partial charge >= 0.3 is 0 Å². The number of ether oxygens (including phenoxy) is 1. The molecule has 0 saturated carbocycles. The van der Waals surface area contributed by atoms with E-state index in [1.807, 2.05) is 13.8 Å². The Labute approximate surface area is 134 Å². The van der Waals surface area contributed by atoms with Crippen LogP contribution in [0.25, 0.3) is 0 Å². The van der Waals surface area contributed by atoms with Gasteiger partial charge in [-0.3, -0.25) is 0 Å². The molecule has 0 spiro atoms. The third kappa shape index (κ3) is 5.98. The Hall–Kier alpha value is -2.57. The molecule has 0 aliphatic heterocycles. The van der Waals surface area contributed by atoms with Crippen LogP contribution in [-0.2, 0) is 6.54 Å². The molecule has 2 aromatic rings. The first-order chi connectivity index (χ1) is 11.2. The lowest BCUT2D eigenvalue weighted by atomic mass is 10.3. The average molecular weight is 320 g/mol. The molecule has 0 aliphatic carbocycles. The van der Waals surface area contributed by atoms with Crippen molar-refractivity contribution in [2.45, 2.75) is 26.5 Å². The number of hydrogen-bond donors (Lipinski definition) is 2. The number of aliphatic imine (C=N–C) groups is 1. The average Bonchev–Trinajstić information content (AvgIpc) is 3.06. The van der Waals surface area contributed by atoms with Crippen molar-refractivity contribution in [1.82, 2.24) is 15.8 Å². The Morgan fingerprint density at radius 3 is 2.74 bits per heavy atom. The van der Waals surface area contributed by atoms with E-state index in [9.17, 15) is 4.39 Å². The van der Waals surface area contributed by atoms with Crippen molar-refractivity contribution < 1.29 is 13.7 Å². The second-order valence-electron chi connectivity index (χ2n) is 4.95. The summed E-state index contributed by atoms with van der Waals surface area (Å²) in [4.78, 5) is 4.41. The first-order valence-electron chi connectivity index (χ1n) is 7.51. The molecule has 7 heteroatoms. The monoisotopic (exact) mass is 320 g/mol. The fourth-order valence-electron chi connectivity index (χ4n) is 1.85. The van der Waals surface area contributed by atoms with E-state index in [0.717, 1.165) is 12.2 Å². The lowest BCUT2D eigenvalue weighted by Gasteiger charge is -2.17. The predicted octanol–water partition coefficient (Wildman–Crippen LogP) is 2.34. The zero-order chi connectivity index (χ0) is 16.5. The molecule has 124 valence electrons. The van der Waals surface area contributed by atoms with Gasteiger partial charge in [-0.1, -0.05) is 5.16 Å². The summed E-state index contributed by atoms with van der Waals surface area (Å²) in [7, 11) is 0. The molecule has 1 unspecified atom stereocenters. The van der Waals surface area contributed by atoms with Crippen molar-refractivity contribution in [1.29, 1.82) is 0 Å². The molecule has 23 heavy (non-hydrogen) atoms. The second kappa shape index (κ2) is 8.77. The minimum absolute atomic E-state index is 0.101. The van der Waals surface area contributed by atoms with E-state index in [1.54, 1.807) is 18.2 Å². The largest absolute Gasteiger partial charge is 0.489 e. The SMILES string of the molecule is CCNC(=NCc1ccon1)NCC(C)Oc1ccc(F)cc1. The number of rotatable bonds is 7. The quantitative estimate of drug-likeness (QED) is 0.605. The van der Waals surface area contributed by atoms with Crippen LogP contribution >= 0.6 is 0 Å². The summed E-state index contributed by atoms with van der Waals surface area (Å²) in [5.74, 6) is 1.02. The maximum atomic E-state index is 12.9. The molecule has 0 amide bonds. The van der Waals surface area contributed by atoms with E-state index in [1.165, 1.54) is 18.4 Å². The van der Waals surface area contributed by atoms with E-state index in [0.29, 0.717) is 24.8 Å². The van der Waals surface area contributed by atoms with Crippen LogP contribution < -0.4 is 15.4 Å². The molecule has 0 radical (unpaired) electrons. The molecular formula is C16H21FN4O2. The third-order valence-corrected chi connectivity index (χ3v) is 2.94. The van der Waals surface area contributed by atoms with E-state index in [-0.39, 0.29) is 11.9 Å². The van der Waals surface area contributed by atoms with Gasteiger partial charge in [-0.05, 0) is 38.1 Å².